The standard InChI is InChI=1S/C14H22ClNO3S2/c1-5-10(4)14(11(17)8-9(2)3)16-21(18,19)13-7-6-12(15)20-13/h6-7,10-11,14,16-17H,2,5,8H2,1,3-4H3/t10-,11?,14+/m0/s1. The quantitative estimate of drug-likeness (QED) is 0.705. The van der Waals surface area contributed by atoms with Crippen molar-refractivity contribution in [1.82, 2.24) is 4.72 Å². The topological polar surface area (TPSA) is 66.4 Å². The molecule has 2 N–H and O–H groups in total. The molecule has 0 aliphatic rings. The van der Waals surface area contributed by atoms with E-state index in [1.165, 1.54) is 6.07 Å². The first-order valence-corrected chi connectivity index (χ1v) is 9.45. The van der Waals surface area contributed by atoms with Crippen LogP contribution in [-0.2, 0) is 10.0 Å². The zero-order valence-electron chi connectivity index (χ0n) is 12.5. The van der Waals surface area contributed by atoms with Crippen molar-refractivity contribution in [2.24, 2.45) is 5.92 Å². The Kier molecular flexibility index (Phi) is 6.87. The van der Waals surface area contributed by atoms with E-state index in [1.54, 1.807) is 6.07 Å². The van der Waals surface area contributed by atoms with Crippen molar-refractivity contribution in [1.29, 1.82) is 0 Å². The molecule has 0 bridgehead atoms. The number of halogens is 1. The number of nitrogens with one attached hydrogen (secondary N) is 1. The first-order valence-electron chi connectivity index (χ1n) is 6.77. The van der Waals surface area contributed by atoms with Crippen LogP contribution in [-0.4, -0.2) is 25.7 Å². The van der Waals surface area contributed by atoms with Gasteiger partial charge in [-0.1, -0.05) is 37.4 Å². The molecular weight excluding hydrogens is 330 g/mol. The molecule has 0 amide bonds. The van der Waals surface area contributed by atoms with Crippen LogP contribution in [0.25, 0.3) is 0 Å². The molecule has 0 aromatic carbocycles. The van der Waals surface area contributed by atoms with Crippen molar-refractivity contribution in [2.75, 3.05) is 0 Å². The maximum atomic E-state index is 12.4. The van der Waals surface area contributed by atoms with E-state index in [0.29, 0.717) is 10.8 Å². The Hall–Kier alpha value is -0.400. The lowest BCUT2D eigenvalue weighted by atomic mass is 9.92. The third kappa shape index (κ3) is 5.38. The van der Waals surface area contributed by atoms with Crippen LogP contribution in [0, 0.1) is 5.92 Å². The van der Waals surface area contributed by atoms with Crippen LogP contribution < -0.4 is 4.72 Å². The molecule has 4 nitrogen and oxygen atoms in total. The van der Waals surface area contributed by atoms with Gasteiger partial charge in [0, 0.05) is 0 Å². The smallest absolute Gasteiger partial charge is 0.250 e. The van der Waals surface area contributed by atoms with E-state index in [2.05, 4.69) is 11.3 Å². The van der Waals surface area contributed by atoms with Crippen molar-refractivity contribution >= 4 is 33.0 Å². The lowest BCUT2D eigenvalue weighted by Gasteiger charge is -2.28. The Labute approximate surface area is 135 Å². The minimum absolute atomic E-state index is 0.00422. The van der Waals surface area contributed by atoms with Crippen molar-refractivity contribution in [3.05, 3.63) is 28.6 Å². The first kappa shape index (κ1) is 18.6. The minimum atomic E-state index is -3.68. The van der Waals surface area contributed by atoms with E-state index >= 15 is 0 Å². The lowest BCUT2D eigenvalue weighted by molar-refractivity contribution is 0.111. The van der Waals surface area contributed by atoms with Crippen molar-refractivity contribution in [3.8, 4) is 0 Å². The SMILES string of the molecule is C=C(C)CC(O)[C@H](NS(=O)(=O)c1ccc(Cl)s1)[C@@H](C)CC. The van der Waals surface area contributed by atoms with Gasteiger partial charge >= 0.3 is 0 Å². The molecule has 21 heavy (non-hydrogen) atoms. The zero-order valence-corrected chi connectivity index (χ0v) is 14.9. The fourth-order valence-corrected chi connectivity index (χ4v) is 4.87. The molecular formula is C14H22ClNO3S2. The van der Waals surface area contributed by atoms with Crippen LogP contribution in [0.5, 0.6) is 0 Å². The number of sulfonamides is 1. The fraction of sp³-hybridized carbons (Fsp3) is 0.571. The molecule has 0 saturated carbocycles. The molecule has 1 rings (SSSR count). The van der Waals surface area contributed by atoms with Crippen molar-refractivity contribution in [2.45, 2.75) is 50.0 Å². The second kappa shape index (κ2) is 7.74. The third-order valence-corrected chi connectivity index (χ3v) is 6.52. The van der Waals surface area contributed by atoms with Crippen molar-refractivity contribution < 1.29 is 13.5 Å². The summed E-state index contributed by atoms with van der Waals surface area (Å²) in [7, 11) is -3.68. The number of rotatable bonds is 8. The highest BCUT2D eigenvalue weighted by molar-refractivity contribution is 7.91. The Morgan fingerprint density at radius 3 is 2.57 bits per heavy atom. The van der Waals surface area contributed by atoms with Crippen LogP contribution in [0.15, 0.2) is 28.5 Å². The molecule has 1 unspecified atom stereocenters. The van der Waals surface area contributed by atoms with Crippen molar-refractivity contribution in [3.63, 3.8) is 0 Å². The minimum Gasteiger partial charge on any atom is -0.391 e. The molecule has 1 aromatic heterocycles. The summed E-state index contributed by atoms with van der Waals surface area (Å²) in [5.74, 6) is 0.00422. The molecule has 0 fully saturated rings. The maximum Gasteiger partial charge on any atom is 0.250 e. The molecule has 0 radical (unpaired) electrons. The number of hydrogen-bond donors (Lipinski definition) is 2. The summed E-state index contributed by atoms with van der Waals surface area (Å²) in [6.07, 6.45) is 0.316. The highest BCUT2D eigenvalue weighted by Gasteiger charge is 2.30. The van der Waals surface area contributed by atoms with E-state index in [9.17, 15) is 13.5 Å². The van der Waals surface area contributed by atoms with Gasteiger partial charge in [-0.05, 0) is 31.4 Å². The molecule has 120 valence electrons. The number of aliphatic hydroxyl groups excluding tert-OH is 1. The summed E-state index contributed by atoms with van der Waals surface area (Å²) < 4.78 is 27.9. The molecule has 1 heterocycles. The molecule has 3 atom stereocenters. The van der Waals surface area contributed by atoms with Gasteiger partial charge in [-0.15, -0.1) is 17.9 Å². The van der Waals surface area contributed by atoms with Crippen LogP contribution in [0.3, 0.4) is 0 Å². The highest BCUT2D eigenvalue weighted by Crippen LogP contribution is 2.27. The fourth-order valence-electron chi connectivity index (χ4n) is 1.99. The summed E-state index contributed by atoms with van der Waals surface area (Å²) in [5.41, 5.74) is 0.814. The lowest BCUT2D eigenvalue weighted by Crippen LogP contribution is -2.47. The molecule has 0 aliphatic heterocycles. The summed E-state index contributed by atoms with van der Waals surface area (Å²) >= 11 is 6.79. The summed E-state index contributed by atoms with van der Waals surface area (Å²) in [4.78, 5) is 0. The highest BCUT2D eigenvalue weighted by atomic mass is 35.5. The monoisotopic (exact) mass is 351 g/mol. The van der Waals surface area contributed by atoms with Gasteiger partial charge in [0.05, 0.1) is 16.5 Å². The predicted molar refractivity (Wildman–Crippen MR) is 88.3 cm³/mol. The van der Waals surface area contributed by atoms with Gasteiger partial charge in [-0.2, -0.15) is 0 Å². The van der Waals surface area contributed by atoms with Crippen LogP contribution in [0.4, 0.5) is 0 Å². The molecule has 0 aliphatic carbocycles. The first-order chi connectivity index (χ1) is 9.67. The third-order valence-electron chi connectivity index (χ3n) is 3.33. The number of thiophene rings is 1. The van der Waals surface area contributed by atoms with E-state index in [1.807, 2.05) is 20.8 Å². The second-order valence-electron chi connectivity index (χ2n) is 5.32. The largest absolute Gasteiger partial charge is 0.391 e. The summed E-state index contributed by atoms with van der Waals surface area (Å²) in [6, 6.07) is 2.45. The van der Waals surface area contributed by atoms with Gasteiger partial charge in [0.25, 0.3) is 0 Å². The Bertz CT molecular complexity index is 583. The number of hydrogen-bond acceptors (Lipinski definition) is 4. The van der Waals surface area contributed by atoms with Crippen LogP contribution in [0.2, 0.25) is 4.34 Å². The van der Waals surface area contributed by atoms with Gasteiger partial charge < -0.3 is 5.11 Å². The van der Waals surface area contributed by atoms with E-state index in [0.717, 1.165) is 23.3 Å². The zero-order chi connectivity index (χ0) is 16.2. The average molecular weight is 352 g/mol. The predicted octanol–water partition coefficient (Wildman–Crippen LogP) is 3.42. The van der Waals surface area contributed by atoms with Gasteiger partial charge in [0.1, 0.15) is 4.21 Å². The summed E-state index contributed by atoms with van der Waals surface area (Å²) in [6.45, 7) is 9.45. The Morgan fingerprint density at radius 2 is 2.14 bits per heavy atom. The van der Waals surface area contributed by atoms with E-state index in [-0.39, 0.29) is 10.1 Å². The molecule has 0 spiro atoms. The number of aliphatic hydroxyl groups is 1. The van der Waals surface area contributed by atoms with Gasteiger partial charge in [0.2, 0.25) is 10.0 Å². The molecule has 1 aromatic rings. The average Bonchev–Trinajstić information content (AvgIpc) is 2.81. The maximum absolute atomic E-state index is 12.4. The van der Waals surface area contributed by atoms with Gasteiger partial charge in [-0.25, -0.2) is 13.1 Å². The molecule has 0 saturated heterocycles. The van der Waals surface area contributed by atoms with Gasteiger partial charge in [-0.3, -0.25) is 0 Å². The Balaban J connectivity index is 2.97. The summed E-state index contributed by atoms with van der Waals surface area (Å²) in [5, 5.41) is 10.3. The normalized spacial score (nSPS) is 16.4. The Morgan fingerprint density at radius 1 is 1.52 bits per heavy atom. The van der Waals surface area contributed by atoms with E-state index < -0.39 is 22.2 Å². The molecule has 7 heteroatoms. The van der Waals surface area contributed by atoms with Gasteiger partial charge in [0.15, 0.2) is 0 Å². The van der Waals surface area contributed by atoms with Crippen LogP contribution in [0.1, 0.15) is 33.6 Å². The second-order valence-corrected chi connectivity index (χ2v) is 8.98. The van der Waals surface area contributed by atoms with Crippen LogP contribution >= 0.6 is 22.9 Å². The van der Waals surface area contributed by atoms with E-state index in [4.69, 9.17) is 11.6 Å².